The first kappa shape index (κ1) is 19.7. The average molecular weight is 402 g/mol. The van der Waals surface area contributed by atoms with Gasteiger partial charge in [-0.3, -0.25) is 25.2 Å². The third kappa shape index (κ3) is 4.80. The molecule has 0 aliphatic carbocycles. The lowest BCUT2D eigenvalue weighted by atomic mass is 10.1. The lowest BCUT2D eigenvalue weighted by Crippen LogP contribution is -2.45. The maximum absolute atomic E-state index is 12.3. The minimum absolute atomic E-state index is 0.0795. The molecule has 28 heavy (non-hydrogen) atoms. The number of anilines is 1. The molecule has 1 atom stereocenters. The van der Waals surface area contributed by atoms with E-state index in [-0.39, 0.29) is 31.2 Å². The van der Waals surface area contributed by atoms with Gasteiger partial charge in [0.1, 0.15) is 5.75 Å². The van der Waals surface area contributed by atoms with Crippen LogP contribution in [0.2, 0.25) is 5.02 Å². The molecule has 3 rings (SSSR count). The second-order valence-electron chi connectivity index (χ2n) is 6.45. The Kier molecular flexibility index (Phi) is 6.16. The fourth-order valence-electron chi connectivity index (χ4n) is 2.98. The van der Waals surface area contributed by atoms with E-state index in [1.165, 1.54) is 0 Å². The third-order valence-corrected chi connectivity index (χ3v) is 4.72. The molecule has 2 aromatic carbocycles. The van der Waals surface area contributed by atoms with Crippen LogP contribution in [-0.4, -0.2) is 31.4 Å². The van der Waals surface area contributed by atoms with Crippen molar-refractivity contribution in [2.75, 3.05) is 18.6 Å². The van der Waals surface area contributed by atoms with Gasteiger partial charge < -0.3 is 9.64 Å². The smallest absolute Gasteiger partial charge is 0.243 e. The number of hydrogen-bond donors (Lipinski definition) is 2. The second kappa shape index (κ2) is 8.75. The molecule has 1 saturated heterocycles. The van der Waals surface area contributed by atoms with Gasteiger partial charge in [0.15, 0.2) is 0 Å². The minimum atomic E-state index is -0.547. The summed E-state index contributed by atoms with van der Waals surface area (Å²) >= 11 is 5.81. The number of ether oxygens (including phenoxy) is 1. The second-order valence-corrected chi connectivity index (χ2v) is 6.88. The molecule has 1 heterocycles. The molecule has 0 aromatic heterocycles. The molecule has 0 spiro atoms. The highest BCUT2D eigenvalue weighted by atomic mass is 35.5. The van der Waals surface area contributed by atoms with Crippen LogP contribution in [0.25, 0.3) is 0 Å². The Labute approximate surface area is 167 Å². The van der Waals surface area contributed by atoms with Gasteiger partial charge in [-0.1, -0.05) is 29.8 Å². The van der Waals surface area contributed by atoms with Gasteiger partial charge in [-0.2, -0.15) is 0 Å². The highest BCUT2D eigenvalue weighted by molar-refractivity contribution is 6.30. The van der Waals surface area contributed by atoms with Crippen LogP contribution in [0.4, 0.5) is 5.69 Å². The number of rotatable bonds is 5. The number of benzene rings is 2. The molecule has 1 unspecified atom stereocenters. The molecular formula is C20H20ClN3O4. The summed E-state index contributed by atoms with van der Waals surface area (Å²) in [5.74, 6) is -0.823. The normalized spacial score (nSPS) is 16.0. The standard InChI is InChI=1S/C20H20ClN3O4/c1-28-17-4-2-3-16(11-17)24-12-14(10-19(24)26)20(27)23-22-18(25)9-13-5-7-15(21)8-6-13/h2-8,11,14H,9-10,12H2,1H3,(H,22,25)(H,23,27). The van der Waals surface area contributed by atoms with E-state index in [9.17, 15) is 14.4 Å². The molecule has 8 heteroatoms. The van der Waals surface area contributed by atoms with Crippen LogP contribution in [0.5, 0.6) is 5.75 Å². The van der Waals surface area contributed by atoms with Crippen molar-refractivity contribution < 1.29 is 19.1 Å². The van der Waals surface area contributed by atoms with E-state index >= 15 is 0 Å². The molecule has 146 valence electrons. The number of carbonyl (C=O) groups excluding carboxylic acids is 3. The average Bonchev–Trinajstić information content (AvgIpc) is 3.10. The Balaban J connectivity index is 1.52. The molecule has 2 aromatic rings. The van der Waals surface area contributed by atoms with Crippen molar-refractivity contribution in [3.8, 4) is 5.75 Å². The Hall–Kier alpha value is -3.06. The zero-order valence-corrected chi connectivity index (χ0v) is 16.0. The van der Waals surface area contributed by atoms with E-state index in [2.05, 4.69) is 10.9 Å². The number of hydrogen-bond acceptors (Lipinski definition) is 4. The topological polar surface area (TPSA) is 87.7 Å². The number of hydrazine groups is 1. The molecule has 1 aliphatic rings. The summed E-state index contributed by atoms with van der Waals surface area (Å²) in [5.41, 5.74) is 6.24. The predicted molar refractivity (Wildman–Crippen MR) is 105 cm³/mol. The fourth-order valence-corrected chi connectivity index (χ4v) is 3.10. The van der Waals surface area contributed by atoms with Gasteiger partial charge in [0, 0.05) is 29.7 Å². The number of halogens is 1. The van der Waals surface area contributed by atoms with Gasteiger partial charge >= 0.3 is 0 Å². The predicted octanol–water partition coefficient (Wildman–Crippen LogP) is 2.09. The number of methoxy groups -OCH3 is 1. The summed E-state index contributed by atoms with van der Waals surface area (Å²) in [7, 11) is 1.55. The van der Waals surface area contributed by atoms with Crippen molar-refractivity contribution in [2.45, 2.75) is 12.8 Å². The van der Waals surface area contributed by atoms with Crippen molar-refractivity contribution in [3.63, 3.8) is 0 Å². The Morgan fingerprint density at radius 3 is 2.64 bits per heavy atom. The number of nitrogens with one attached hydrogen (secondary N) is 2. The maximum atomic E-state index is 12.3. The largest absolute Gasteiger partial charge is 0.497 e. The van der Waals surface area contributed by atoms with E-state index in [0.29, 0.717) is 16.5 Å². The van der Waals surface area contributed by atoms with E-state index < -0.39 is 11.8 Å². The highest BCUT2D eigenvalue weighted by Gasteiger charge is 2.35. The van der Waals surface area contributed by atoms with Crippen LogP contribution in [-0.2, 0) is 20.8 Å². The van der Waals surface area contributed by atoms with Gasteiger partial charge in [0.25, 0.3) is 0 Å². The molecular weight excluding hydrogens is 382 g/mol. The Morgan fingerprint density at radius 2 is 1.93 bits per heavy atom. The molecule has 7 nitrogen and oxygen atoms in total. The van der Waals surface area contributed by atoms with Gasteiger partial charge in [-0.05, 0) is 29.8 Å². The zero-order chi connectivity index (χ0) is 20.1. The summed E-state index contributed by atoms with van der Waals surface area (Å²) in [6.07, 6.45) is 0.188. The minimum Gasteiger partial charge on any atom is -0.497 e. The summed E-state index contributed by atoms with van der Waals surface area (Å²) in [4.78, 5) is 38.2. The Morgan fingerprint density at radius 1 is 1.18 bits per heavy atom. The molecule has 1 aliphatic heterocycles. The van der Waals surface area contributed by atoms with Crippen LogP contribution < -0.4 is 20.5 Å². The van der Waals surface area contributed by atoms with Gasteiger partial charge in [0.05, 0.1) is 19.4 Å². The summed E-state index contributed by atoms with van der Waals surface area (Å²) < 4.78 is 5.17. The molecule has 0 bridgehead atoms. The van der Waals surface area contributed by atoms with Gasteiger partial charge in [-0.15, -0.1) is 0 Å². The fraction of sp³-hybridized carbons (Fsp3) is 0.250. The molecule has 0 radical (unpaired) electrons. The summed E-state index contributed by atoms with van der Waals surface area (Å²) in [6, 6.07) is 14.0. The van der Waals surface area contributed by atoms with Crippen LogP contribution >= 0.6 is 11.6 Å². The lowest BCUT2D eigenvalue weighted by Gasteiger charge is -2.17. The molecule has 0 saturated carbocycles. The van der Waals surface area contributed by atoms with Crippen molar-refractivity contribution in [1.82, 2.24) is 10.9 Å². The van der Waals surface area contributed by atoms with E-state index in [4.69, 9.17) is 16.3 Å². The van der Waals surface area contributed by atoms with E-state index in [1.807, 2.05) is 0 Å². The van der Waals surface area contributed by atoms with Crippen LogP contribution in [0, 0.1) is 5.92 Å². The number of carbonyl (C=O) groups is 3. The monoisotopic (exact) mass is 401 g/mol. The highest BCUT2D eigenvalue weighted by Crippen LogP contribution is 2.27. The first-order valence-corrected chi connectivity index (χ1v) is 9.11. The number of amides is 3. The maximum Gasteiger partial charge on any atom is 0.243 e. The van der Waals surface area contributed by atoms with Crippen LogP contribution in [0.3, 0.4) is 0 Å². The van der Waals surface area contributed by atoms with Crippen molar-refractivity contribution in [2.24, 2.45) is 5.92 Å². The third-order valence-electron chi connectivity index (χ3n) is 4.46. The number of nitrogens with zero attached hydrogens (tertiary/aromatic N) is 1. The molecule has 1 fully saturated rings. The van der Waals surface area contributed by atoms with Crippen LogP contribution in [0.15, 0.2) is 48.5 Å². The summed E-state index contributed by atoms with van der Waals surface area (Å²) in [5, 5.41) is 0.587. The quantitative estimate of drug-likeness (QED) is 0.751. The molecule has 2 N–H and O–H groups in total. The lowest BCUT2D eigenvalue weighted by molar-refractivity contribution is -0.131. The van der Waals surface area contributed by atoms with Crippen LogP contribution in [0.1, 0.15) is 12.0 Å². The zero-order valence-electron chi connectivity index (χ0n) is 15.3. The van der Waals surface area contributed by atoms with E-state index in [1.54, 1.807) is 60.5 Å². The first-order chi connectivity index (χ1) is 13.5. The SMILES string of the molecule is COc1cccc(N2CC(C(=O)NNC(=O)Cc3ccc(Cl)cc3)CC2=O)c1. The van der Waals surface area contributed by atoms with Crippen molar-refractivity contribution >= 4 is 35.0 Å². The van der Waals surface area contributed by atoms with Crippen molar-refractivity contribution in [3.05, 3.63) is 59.1 Å². The molecule has 3 amide bonds. The Bertz CT molecular complexity index is 885. The van der Waals surface area contributed by atoms with Crippen molar-refractivity contribution in [1.29, 1.82) is 0 Å². The van der Waals surface area contributed by atoms with Gasteiger partial charge in [-0.25, -0.2) is 0 Å². The van der Waals surface area contributed by atoms with E-state index in [0.717, 1.165) is 5.56 Å². The van der Waals surface area contributed by atoms with Gasteiger partial charge in [0.2, 0.25) is 17.7 Å². The summed E-state index contributed by atoms with van der Waals surface area (Å²) in [6.45, 7) is 0.241. The first-order valence-electron chi connectivity index (χ1n) is 8.74.